The van der Waals surface area contributed by atoms with E-state index < -0.39 is 18.1 Å². The Balaban J connectivity index is 0.000000208. The van der Waals surface area contributed by atoms with Crippen molar-refractivity contribution in [3.8, 4) is 50.6 Å². The molecule has 0 bridgehead atoms. The first-order valence-electron chi connectivity index (χ1n) is 28.4. The second-order valence-corrected chi connectivity index (χ2v) is 20.6. The minimum Gasteiger partial charge on any atom is -0.497 e. The van der Waals surface area contributed by atoms with Gasteiger partial charge in [0.1, 0.15) is 52.8 Å². The number of nitrogens with two attached hydrogens (primary N) is 3. The maximum absolute atomic E-state index is 12.3. The van der Waals surface area contributed by atoms with Gasteiger partial charge in [-0.2, -0.15) is 28.8 Å². The van der Waals surface area contributed by atoms with E-state index in [1.807, 2.05) is 156 Å². The Hall–Kier alpha value is -9.92. The van der Waals surface area contributed by atoms with Crippen molar-refractivity contribution in [3.63, 3.8) is 0 Å². The average Bonchev–Trinajstić information content (AvgIpc) is 2.06. The summed E-state index contributed by atoms with van der Waals surface area (Å²) < 4.78 is 26.1. The molecule has 26 heteroatoms. The second kappa shape index (κ2) is 30.4. The van der Waals surface area contributed by atoms with Crippen molar-refractivity contribution in [1.29, 1.82) is 0 Å². The zero-order valence-corrected chi connectivity index (χ0v) is 52.9. The van der Waals surface area contributed by atoms with Gasteiger partial charge in [0.05, 0.1) is 45.5 Å². The first kappa shape index (κ1) is 67.2. The molecule has 0 fully saturated rings. The zero-order chi connectivity index (χ0) is 64.7. The Morgan fingerprint density at radius 3 is 1.09 bits per heavy atom. The normalized spacial score (nSPS) is 11.8. The number of nitrogens with zero attached hydrogens (tertiary/aromatic N) is 9. The molecule has 468 valence electrons. The van der Waals surface area contributed by atoms with Crippen LogP contribution in [-0.4, -0.2) is 115 Å². The van der Waals surface area contributed by atoms with E-state index in [1.54, 1.807) is 34.9 Å². The lowest BCUT2D eigenvalue weighted by molar-refractivity contribution is -0.141. The van der Waals surface area contributed by atoms with Crippen molar-refractivity contribution in [1.82, 2.24) is 60.1 Å². The van der Waals surface area contributed by atoms with Gasteiger partial charge in [-0.15, -0.1) is 0 Å². The third-order valence-corrected chi connectivity index (χ3v) is 14.5. The van der Waals surface area contributed by atoms with Crippen molar-refractivity contribution in [2.45, 2.75) is 120 Å². The number of methoxy groups -OCH3 is 4. The Bertz CT molecular complexity index is 3780. The quantitative estimate of drug-likeness (QED) is 0.0119. The number of carbonyl (C=O) groups excluding carboxylic acids is 4. The monoisotopic (exact) mass is 1210 g/mol. The molecule has 0 aliphatic carbocycles. The smallest absolute Gasteiger partial charge is 0.328 e. The van der Waals surface area contributed by atoms with Crippen LogP contribution in [0, 0.1) is 62.3 Å². The molecular weight excluding hydrogens is 1120 g/mol. The first-order chi connectivity index (χ1) is 42.2. The van der Waals surface area contributed by atoms with E-state index in [4.69, 9.17) is 44.8 Å². The fourth-order valence-corrected chi connectivity index (χ4v) is 10.1. The summed E-state index contributed by atoms with van der Waals surface area (Å²) >= 11 is 0. The molecule has 3 aromatic carbocycles. The number of ether oxygens (including phenoxy) is 4. The van der Waals surface area contributed by atoms with Gasteiger partial charge in [-0.05, 0) is 151 Å². The fourth-order valence-electron chi connectivity index (χ4n) is 10.1. The molecule has 12 N–H and O–H groups in total. The van der Waals surface area contributed by atoms with Gasteiger partial charge < -0.3 is 34.9 Å². The Morgan fingerprint density at radius 1 is 0.500 bits per heavy atom. The number of hydrogen-bond acceptors (Lipinski definition) is 20. The summed E-state index contributed by atoms with van der Waals surface area (Å²) in [5.41, 5.74) is 23.1. The summed E-state index contributed by atoms with van der Waals surface area (Å²) in [5, 5.41) is 23.8. The van der Waals surface area contributed by atoms with Gasteiger partial charge in [0, 0.05) is 52.0 Å². The summed E-state index contributed by atoms with van der Waals surface area (Å²) in [4.78, 5) is 61.0. The molecule has 0 aliphatic heterocycles. The number of anilines is 3. The molecule has 3 amide bonds. The van der Waals surface area contributed by atoms with Gasteiger partial charge in [0.25, 0.3) is 11.8 Å². The van der Waals surface area contributed by atoms with E-state index in [1.165, 1.54) is 7.11 Å². The molecule has 9 rings (SSSR count). The minimum absolute atomic E-state index is 0.278. The van der Waals surface area contributed by atoms with Crippen molar-refractivity contribution in [2.75, 3.05) is 44.4 Å². The molecule has 6 aromatic heterocycles. The van der Waals surface area contributed by atoms with Crippen LogP contribution in [0.3, 0.4) is 0 Å². The van der Waals surface area contributed by atoms with Crippen molar-refractivity contribution < 1.29 is 38.1 Å². The van der Waals surface area contributed by atoms with Crippen molar-refractivity contribution >= 4 is 58.6 Å². The Labute approximate surface area is 511 Å². The number of aromatic nitrogens is 9. The largest absolute Gasteiger partial charge is 0.497 e. The van der Waals surface area contributed by atoms with Crippen LogP contribution < -0.4 is 64.0 Å². The van der Waals surface area contributed by atoms with E-state index in [0.29, 0.717) is 48.8 Å². The van der Waals surface area contributed by atoms with Crippen LogP contribution in [0.5, 0.6) is 17.2 Å². The highest BCUT2D eigenvalue weighted by molar-refractivity contribution is 5.88. The zero-order valence-electron chi connectivity index (χ0n) is 52.9. The predicted octanol–water partition coefficient (Wildman–Crippen LogP) is 7.32. The average molecular weight is 1210 g/mol. The molecular formula is C62H82N18O8. The van der Waals surface area contributed by atoms with Crippen LogP contribution in [0.4, 0.5) is 17.5 Å². The summed E-state index contributed by atoms with van der Waals surface area (Å²) in [6, 6.07) is 21.9. The van der Waals surface area contributed by atoms with Gasteiger partial charge in [-0.3, -0.25) is 42.3 Å². The number of carbonyl (C=O) groups is 4. The second-order valence-electron chi connectivity index (χ2n) is 20.6. The highest BCUT2D eigenvalue weighted by Crippen LogP contribution is 2.37. The summed E-state index contributed by atoms with van der Waals surface area (Å²) in [6.45, 7) is 23.4. The van der Waals surface area contributed by atoms with Crippen LogP contribution in [0.1, 0.15) is 90.9 Å². The molecule has 9 aromatic rings. The molecule has 26 nitrogen and oxygen atoms in total. The van der Waals surface area contributed by atoms with Gasteiger partial charge in [-0.1, -0.05) is 39.0 Å². The van der Waals surface area contributed by atoms with Crippen molar-refractivity contribution in [3.05, 3.63) is 124 Å². The lowest BCUT2D eigenvalue weighted by atomic mass is 10.0. The number of hydrogen-bond donors (Lipinski definition) is 9. The number of aryl methyl sites for hydroxylation is 9. The maximum atomic E-state index is 12.3. The third kappa shape index (κ3) is 15.0. The number of hydrazine groups is 3. The lowest BCUT2D eigenvalue weighted by Crippen LogP contribution is -2.45. The fraction of sp³-hybridized carbons (Fsp3) is 0.355. The number of nitrogens with one attached hydrogen (secondary N) is 6. The van der Waals surface area contributed by atoms with E-state index in [-0.39, 0.29) is 17.8 Å². The summed E-state index contributed by atoms with van der Waals surface area (Å²) in [5.74, 6) is 16.8. The first-order valence-corrected chi connectivity index (χ1v) is 28.4. The maximum Gasteiger partial charge on any atom is 0.328 e. The highest BCUT2D eigenvalue weighted by atomic mass is 16.5. The molecule has 0 aliphatic rings. The topological polar surface area (TPSA) is 346 Å². The lowest BCUT2D eigenvalue weighted by Gasteiger charge is -2.18. The molecule has 3 unspecified atom stereocenters. The van der Waals surface area contributed by atoms with Crippen LogP contribution >= 0.6 is 0 Å². The predicted molar refractivity (Wildman–Crippen MR) is 341 cm³/mol. The van der Waals surface area contributed by atoms with Gasteiger partial charge in [0.2, 0.25) is 6.41 Å². The number of esters is 1. The molecule has 88 heavy (non-hydrogen) atoms. The molecule has 0 radical (unpaired) electrons. The number of benzene rings is 3. The van der Waals surface area contributed by atoms with E-state index in [0.717, 1.165) is 113 Å². The standard InChI is InChI=1S/C21H26N6O3.C21H26N4O3.C20H26N6O2.H4N2/c1-6-17(21(29)25-22-11-28)24-18-10-13(3)23-20-19(14(4)26-27(18)20)16-8-7-15(30-5)9-12(16)2;1-7-17(21(26)28-6)23-18-11-13(3)22-20-19(14(4)24-25(18)20)16-9-8-15(27-5)10-12(16)2;1-6-16(20(27)24-21)23-17-10-12(3)22-19-18(13(4)25-26(17)19)15-8-7-14(28-5)9-11(15)2;1-2/h7-11,17,24H,6H2,1-5H3,(H,22,28)(H,25,29);8-11,17,23H,7H2,1-6H3;7-10,16,23H,6,21H2,1-5H3,(H,24,27);1-2H2. The van der Waals surface area contributed by atoms with Gasteiger partial charge in [0.15, 0.2) is 16.9 Å². The van der Waals surface area contributed by atoms with E-state index in [2.05, 4.69) is 54.1 Å². The van der Waals surface area contributed by atoms with Crippen LogP contribution in [0.15, 0.2) is 72.8 Å². The van der Waals surface area contributed by atoms with Crippen molar-refractivity contribution in [2.24, 2.45) is 17.5 Å². The van der Waals surface area contributed by atoms with Crippen LogP contribution in [0.25, 0.3) is 50.3 Å². The third-order valence-electron chi connectivity index (χ3n) is 14.5. The molecule has 6 heterocycles. The number of amides is 3. The summed E-state index contributed by atoms with van der Waals surface area (Å²) in [6.07, 6.45) is 2.11. The molecule has 0 saturated carbocycles. The molecule has 3 atom stereocenters. The molecule has 0 spiro atoms. The number of fused-ring (bicyclic) bond motifs is 3. The van der Waals surface area contributed by atoms with Crippen LogP contribution in [0.2, 0.25) is 0 Å². The minimum atomic E-state index is -0.557. The van der Waals surface area contributed by atoms with Crippen LogP contribution in [-0.2, 0) is 23.9 Å². The number of rotatable bonds is 20. The summed E-state index contributed by atoms with van der Waals surface area (Å²) in [7, 11) is 6.34. The van der Waals surface area contributed by atoms with Gasteiger partial charge in [-0.25, -0.2) is 25.6 Å². The Kier molecular flexibility index (Phi) is 23.2. The SMILES string of the molecule is CCC(Nc1cc(C)nc2c(-c3ccc(OC)cc3C)c(C)nn12)C(=O)NN.CCC(Nc1cc(C)nc2c(-c3ccc(OC)cc3C)c(C)nn12)C(=O)NNC=O.CCC(Nc1cc(C)nc2c(-c3ccc(OC)cc3C)c(C)nn12)C(=O)OC.NN. The Morgan fingerprint density at radius 2 is 0.818 bits per heavy atom. The molecule has 0 saturated heterocycles. The van der Waals surface area contributed by atoms with E-state index in [9.17, 15) is 19.2 Å². The highest BCUT2D eigenvalue weighted by Gasteiger charge is 2.25. The van der Waals surface area contributed by atoms with E-state index >= 15 is 0 Å². The van der Waals surface area contributed by atoms with Gasteiger partial charge >= 0.3 is 5.97 Å².